The van der Waals surface area contributed by atoms with Crippen molar-refractivity contribution in [2.24, 2.45) is 0 Å². The Labute approximate surface area is 445 Å². The van der Waals surface area contributed by atoms with E-state index in [1.165, 1.54) is 49.8 Å². The van der Waals surface area contributed by atoms with Crippen LogP contribution in [-0.2, 0) is 0 Å². The molecular formula is C66H37B4N3O4. The molecule has 8 aliphatic rings. The van der Waals surface area contributed by atoms with Gasteiger partial charge in [-0.05, 0) is 133 Å². The fourth-order valence-electron chi connectivity index (χ4n) is 14.7. The number of fused-ring (bicyclic) bond motifs is 18. The molecule has 0 unspecified atom stereocenters. The molecule has 77 heavy (non-hydrogen) atoms. The lowest BCUT2D eigenvalue weighted by atomic mass is 9.27. The monoisotopic (exact) mass is 979 g/mol. The molecule has 0 saturated heterocycles. The third-order valence-electron chi connectivity index (χ3n) is 17.6. The minimum Gasteiger partial charge on any atom is -0.458 e. The molecule has 0 bridgehead atoms. The first-order chi connectivity index (χ1) is 38.2. The van der Waals surface area contributed by atoms with Gasteiger partial charge in [-0.15, -0.1) is 0 Å². The highest BCUT2D eigenvalue weighted by atomic mass is 16.5. The minimum atomic E-state index is -0.132. The number of rotatable bonds is 2. The topological polar surface area (TPSA) is 46.6 Å². The summed E-state index contributed by atoms with van der Waals surface area (Å²) >= 11 is 0. The zero-order valence-corrected chi connectivity index (χ0v) is 41.1. The lowest BCUT2D eigenvalue weighted by molar-refractivity contribution is 0.464. The largest absolute Gasteiger partial charge is 0.458 e. The van der Waals surface area contributed by atoms with Gasteiger partial charge in [-0.3, -0.25) is 0 Å². The van der Waals surface area contributed by atoms with E-state index in [9.17, 15) is 0 Å². The number of ether oxygens (including phenoxy) is 4. The van der Waals surface area contributed by atoms with Gasteiger partial charge in [0.05, 0.1) is 0 Å². The van der Waals surface area contributed by atoms with Gasteiger partial charge >= 0.3 is 0 Å². The van der Waals surface area contributed by atoms with E-state index in [0.29, 0.717) is 0 Å². The maximum absolute atomic E-state index is 7.11. The minimum absolute atomic E-state index is 0.0863. The molecule has 0 N–H and O–H groups in total. The van der Waals surface area contributed by atoms with Crippen LogP contribution in [0.4, 0.5) is 51.2 Å². The van der Waals surface area contributed by atoms with Crippen LogP contribution in [0.25, 0.3) is 0 Å². The second-order valence-corrected chi connectivity index (χ2v) is 21.3. The molecule has 0 spiro atoms. The molecule has 7 nitrogen and oxygen atoms in total. The van der Waals surface area contributed by atoms with Crippen LogP contribution < -0.4 is 99.2 Å². The van der Waals surface area contributed by atoms with Crippen molar-refractivity contribution in [3.8, 4) is 46.0 Å². The van der Waals surface area contributed by atoms with Crippen LogP contribution in [0, 0.1) is 0 Å². The summed E-state index contributed by atoms with van der Waals surface area (Å²) in [5, 5.41) is 0. The molecule has 0 saturated carbocycles. The van der Waals surface area contributed by atoms with Crippen molar-refractivity contribution in [2.45, 2.75) is 0 Å². The summed E-state index contributed by atoms with van der Waals surface area (Å²) in [6.45, 7) is -0.436. The first kappa shape index (κ1) is 40.6. The maximum atomic E-state index is 7.11. The summed E-state index contributed by atoms with van der Waals surface area (Å²) in [6.07, 6.45) is 0. The van der Waals surface area contributed by atoms with E-state index >= 15 is 0 Å². The number of para-hydroxylation sites is 6. The lowest BCUT2D eigenvalue weighted by Gasteiger charge is -2.51. The molecule has 352 valence electrons. The Morgan fingerprint density at radius 1 is 0.221 bits per heavy atom. The second-order valence-electron chi connectivity index (χ2n) is 21.3. The molecule has 0 aromatic heterocycles. The molecule has 11 aromatic rings. The van der Waals surface area contributed by atoms with Crippen LogP contribution in [0.15, 0.2) is 224 Å². The fraction of sp³-hybridized carbons (Fsp3) is 0. The lowest BCUT2D eigenvalue weighted by Crippen LogP contribution is -2.69. The molecule has 11 aromatic carbocycles. The predicted molar refractivity (Wildman–Crippen MR) is 315 cm³/mol. The van der Waals surface area contributed by atoms with Gasteiger partial charge in [0.1, 0.15) is 46.0 Å². The molecule has 8 heterocycles. The van der Waals surface area contributed by atoms with E-state index in [1.807, 2.05) is 12.1 Å². The van der Waals surface area contributed by atoms with E-state index < -0.39 is 0 Å². The summed E-state index contributed by atoms with van der Waals surface area (Å²) in [4.78, 5) is 7.63. The van der Waals surface area contributed by atoms with Crippen molar-refractivity contribution in [2.75, 3.05) is 14.7 Å². The van der Waals surface area contributed by atoms with Gasteiger partial charge in [-0.25, -0.2) is 0 Å². The number of hydrogen-bond acceptors (Lipinski definition) is 7. The maximum Gasteiger partial charge on any atom is 0.260 e. The van der Waals surface area contributed by atoms with Crippen LogP contribution in [-0.4, -0.2) is 26.9 Å². The van der Waals surface area contributed by atoms with Crippen LogP contribution in [0.5, 0.6) is 46.0 Å². The van der Waals surface area contributed by atoms with Gasteiger partial charge in [0.25, 0.3) is 26.9 Å². The Bertz CT molecular complexity index is 4220. The van der Waals surface area contributed by atoms with Gasteiger partial charge in [-0.2, -0.15) is 0 Å². The fourth-order valence-corrected chi connectivity index (χ4v) is 14.7. The van der Waals surface area contributed by atoms with E-state index in [4.69, 9.17) is 18.9 Å². The summed E-state index contributed by atoms with van der Waals surface area (Å²) in [6, 6.07) is 81.7. The Morgan fingerprint density at radius 3 is 1.04 bits per heavy atom. The van der Waals surface area contributed by atoms with Crippen molar-refractivity contribution >= 4 is 144 Å². The van der Waals surface area contributed by atoms with Crippen molar-refractivity contribution < 1.29 is 18.9 Å². The van der Waals surface area contributed by atoms with Crippen molar-refractivity contribution in [3.05, 3.63) is 224 Å². The molecule has 0 aliphatic carbocycles. The third kappa shape index (κ3) is 5.16. The van der Waals surface area contributed by atoms with Crippen LogP contribution in [0.1, 0.15) is 0 Å². The molecule has 19 rings (SSSR count). The van der Waals surface area contributed by atoms with Crippen molar-refractivity contribution in [1.82, 2.24) is 0 Å². The smallest absolute Gasteiger partial charge is 0.260 e. The SMILES string of the molecule is c1ccc(N2c3cc4c(cc3B3c5ccccc5N5c6ccccc6B6c7cc8c(cc7N(c7ccccc7)c7cc2c3c5c76)Oc2cccc3c2B8c2ccccc2O3)B2c3ccccc3Oc3cccc(c32)O4)cc1. The van der Waals surface area contributed by atoms with E-state index in [2.05, 4.69) is 227 Å². The van der Waals surface area contributed by atoms with Gasteiger partial charge in [0.2, 0.25) is 0 Å². The van der Waals surface area contributed by atoms with E-state index in [-0.39, 0.29) is 26.9 Å². The quantitative estimate of drug-likeness (QED) is 0.164. The van der Waals surface area contributed by atoms with E-state index in [1.54, 1.807) is 0 Å². The Kier molecular flexibility index (Phi) is 7.68. The Hall–Kier alpha value is -9.72. The number of benzene rings is 11. The van der Waals surface area contributed by atoms with Crippen LogP contribution in [0.3, 0.4) is 0 Å². The highest BCUT2D eigenvalue weighted by Crippen LogP contribution is 2.51. The van der Waals surface area contributed by atoms with Crippen LogP contribution >= 0.6 is 0 Å². The van der Waals surface area contributed by atoms with Gasteiger partial charge in [-0.1, -0.05) is 133 Å². The van der Waals surface area contributed by atoms with Gasteiger partial charge in [0, 0.05) is 74.2 Å². The molecule has 0 amide bonds. The average molecular weight is 979 g/mol. The molecule has 0 fully saturated rings. The zero-order chi connectivity index (χ0) is 49.8. The standard InChI is InChI=1S/C66H37B4N3O4/c1-3-17-38(18-4-1)71-50-36-60-46(69-42-23-9-13-27-54(42)74-56-29-15-31-58(76-60)64(56)69)33-44(50)67-40-21-7-11-25-48(40)73-49-26-12-8-22-41(49)68-45-34-47-61(77-59-32-16-30-57-65(59)70(47)43-24-10-14-28-55(43)75-57)37-51(45)72(39-19-5-2-6-20-39)53-35-52(71)62(67)66(73)63(53)68/h1-37H. The molecular weight excluding hydrogens is 942 g/mol. The number of nitrogens with zero attached hydrogens (tertiary/aromatic N) is 3. The summed E-state index contributed by atoms with van der Waals surface area (Å²) in [7, 11) is 0. The molecule has 11 heteroatoms. The number of anilines is 9. The average Bonchev–Trinajstić information content (AvgIpc) is 3.65. The molecule has 8 aliphatic heterocycles. The van der Waals surface area contributed by atoms with Gasteiger partial charge < -0.3 is 33.6 Å². The predicted octanol–water partition coefficient (Wildman–Crippen LogP) is 7.84. The first-order valence-corrected chi connectivity index (χ1v) is 26.6. The highest BCUT2D eigenvalue weighted by molar-refractivity contribution is 7.06. The van der Waals surface area contributed by atoms with Crippen LogP contribution in [0.2, 0.25) is 0 Å². The summed E-state index contributed by atoms with van der Waals surface area (Å²) in [5.41, 5.74) is 24.5. The van der Waals surface area contributed by atoms with Gasteiger partial charge in [0.15, 0.2) is 0 Å². The Morgan fingerprint density at radius 2 is 0.584 bits per heavy atom. The third-order valence-corrected chi connectivity index (χ3v) is 17.6. The zero-order valence-electron chi connectivity index (χ0n) is 41.1. The van der Waals surface area contributed by atoms with E-state index in [0.717, 1.165) is 113 Å². The highest BCUT2D eigenvalue weighted by Gasteiger charge is 2.53. The second kappa shape index (κ2) is 14.6. The Balaban J connectivity index is 0.930. The van der Waals surface area contributed by atoms with Crippen molar-refractivity contribution in [1.29, 1.82) is 0 Å². The van der Waals surface area contributed by atoms with Crippen molar-refractivity contribution in [3.63, 3.8) is 0 Å². The summed E-state index contributed by atoms with van der Waals surface area (Å²) < 4.78 is 27.5. The first-order valence-electron chi connectivity index (χ1n) is 26.6. The number of hydrogen-bond donors (Lipinski definition) is 0. The summed E-state index contributed by atoms with van der Waals surface area (Å²) in [5.74, 6) is 6.79. The normalized spacial score (nSPS) is 14.7. The molecule has 0 radical (unpaired) electrons. The molecule has 0 atom stereocenters.